The molecule has 0 aromatic heterocycles. The summed E-state index contributed by atoms with van der Waals surface area (Å²) in [5.74, 6) is 1.42. The van der Waals surface area contributed by atoms with Gasteiger partial charge < -0.3 is 20.1 Å². The number of carbonyl (C=O) groups is 1. The van der Waals surface area contributed by atoms with Crippen LogP contribution >= 0.6 is 11.6 Å². The molecule has 156 valence electrons. The van der Waals surface area contributed by atoms with Crippen LogP contribution in [0.25, 0.3) is 6.08 Å². The molecule has 2 N–H and O–H groups in total. The van der Waals surface area contributed by atoms with E-state index in [0.717, 1.165) is 49.4 Å². The highest BCUT2D eigenvalue weighted by Crippen LogP contribution is 2.27. The summed E-state index contributed by atoms with van der Waals surface area (Å²) >= 11 is 5.84. The second kappa shape index (κ2) is 12.9. The fourth-order valence-electron chi connectivity index (χ4n) is 2.81. The molecule has 2 aromatic carbocycles. The third-order valence-electron chi connectivity index (χ3n) is 4.39. The summed E-state index contributed by atoms with van der Waals surface area (Å²) in [4.78, 5) is 11.8. The number of nitrogens with one attached hydrogen (secondary N) is 2. The fourth-order valence-corrected chi connectivity index (χ4v) is 2.93. The Labute approximate surface area is 178 Å². The molecular weight excluding hydrogens is 388 g/mol. The standard InChI is InChI=1S/C23H29ClN2O3/c1-28-21-12-8-19(17-22(21)29-2)5-3-14-25-15-4-16-26-23(27)13-9-18-6-10-20(24)11-7-18/h6-13,17,25H,3-5,14-16H2,1-2H3,(H,26,27)/b13-9+. The normalized spacial score (nSPS) is 10.9. The minimum atomic E-state index is -0.0894. The molecule has 1 amide bonds. The van der Waals surface area contributed by atoms with E-state index in [1.807, 2.05) is 24.3 Å². The number of benzene rings is 2. The van der Waals surface area contributed by atoms with Crippen LogP contribution in [0.15, 0.2) is 48.5 Å². The van der Waals surface area contributed by atoms with Crippen molar-refractivity contribution < 1.29 is 14.3 Å². The van der Waals surface area contributed by atoms with E-state index in [1.54, 1.807) is 38.5 Å². The van der Waals surface area contributed by atoms with Crippen molar-refractivity contribution in [2.24, 2.45) is 0 Å². The summed E-state index contributed by atoms with van der Waals surface area (Å²) in [5.41, 5.74) is 2.17. The van der Waals surface area contributed by atoms with E-state index < -0.39 is 0 Å². The summed E-state index contributed by atoms with van der Waals surface area (Å²) in [6, 6.07) is 13.4. The minimum absolute atomic E-state index is 0.0894. The summed E-state index contributed by atoms with van der Waals surface area (Å²) in [5, 5.41) is 6.98. The Morgan fingerprint density at radius 2 is 1.69 bits per heavy atom. The first-order valence-electron chi connectivity index (χ1n) is 9.75. The lowest BCUT2D eigenvalue weighted by Gasteiger charge is -2.10. The molecule has 0 heterocycles. The van der Waals surface area contributed by atoms with Crippen molar-refractivity contribution >= 4 is 23.6 Å². The zero-order valence-electron chi connectivity index (χ0n) is 17.0. The van der Waals surface area contributed by atoms with Crippen LogP contribution in [0.2, 0.25) is 5.02 Å². The van der Waals surface area contributed by atoms with Crippen LogP contribution in [-0.4, -0.2) is 39.8 Å². The Balaban J connectivity index is 1.53. The van der Waals surface area contributed by atoms with Crippen molar-refractivity contribution in [3.8, 4) is 11.5 Å². The number of aryl methyl sites for hydroxylation is 1. The number of hydrogen-bond donors (Lipinski definition) is 2. The van der Waals surface area contributed by atoms with Crippen LogP contribution in [0.1, 0.15) is 24.0 Å². The third kappa shape index (κ3) is 8.59. The first-order valence-corrected chi connectivity index (χ1v) is 10.1. The Kier molecular flexibility index (Phi) is 10.1. The largest absolute Gasteiger partial charge is 0.493 e. The predicted molar refractivity (Wildman–Crippen MR) is 119 cm³/mol. The second-order valence-corrected chi connectivity index (χ2v) is 7.01. The smallest absolute Gasteiger partial charge is 0.243 e. The Hall–Kier alpha value is -2.50. The highest BCUT2D eigenvalue weighted by Gasteiger charge is 2.04. The quantitative estimate of drug-likeness (QED) is 0.404. The molecule has 0 bridgehead atoms. The summed E-state index contributed by atoms with van der Waals surface area (Å²) in [7, 11) is 3.29. The van der Waals surface area contributed by atoms with E-state index in [-0.39, 0.29) is 5.91 Å². The van der Waals surface area contributed by atoms with Crippen LogP contribution in [0, 0.1) is 0 Å². The monoisotopic (exact) mass is 416 g/mol. The molecule has 0 aliphatic carbocycles. The number of carbonyl (C=O) groups excluding carboxylic acids is 1. The SMILES string of the molecule is COc1ccc(CCCNCCCNC(=O)/C=C/c2ccc(Cl)cc2)cc1OC. The maximum atomic E-state index is 11.8. The number of amides is 1. The van der Waals surface area contributed by atoms with E-state index >= 15 is 0 Å². The lowest BCUT2D eigenvalue weighted by molar-refractivity contribution is -0.116. The van der Waals surface area contributed by atoms with Crippen LogP contribution in [0.3, 0.4) is 0 Å². The van der Waals surface area contributed by atoms with E-state index in [2.05, 4.69) is 16.7 Å². The van der Waals surface area contributed by atoms with Crippen LogP contribution in [0.4, 0.5) is 0 Å². The predicted octanol–water partition coefficient (Wildman–Crippen LogP) is 4.10. The molecule has 0 aliphatic rings. The first kappa shape index (κ1) is 22.8. The van der Waals surface area contributed by atoms with Gasteiger partial charge in [0, 0.05) is 17.6 Å². The van der Waals surface area contributed by atoms with Crippen molar-refractivity contribution in [2.75, 3.05) is 33.9 Å². The zero-order chi connectivity index (χ0) is 20.9. The molecule has 0 spiro atoms. The molecule has 6 heteroatoms. The first-order chi connectivity index (χ1) is 14.1. The van der Waals surface area contributed by atoms with Crippen molar-refractivity contribution in [1.29, 1.82) is 0 Å². The van der Waals surface area contributed by atoms with Gasteiger partial charge in [0.1, 0.15) is 0 Å². The molecule has 2 rings (SSSR count). The van der Waals surface area contributed by atoms with E-state index in [1.165, 1.54) is 5.56 Å². The van der Waals surface area contributed by atoms with Crippen LogP contribution in [0.5, 0.6) is 11.5 Å². The Morgan fingerprint density at radius 1 is 0.966 bits per heavy atom. The lowest BCUT2D eigenvalue weighted by Crippen LogP contribution is -2.26. The van der Waals surface area contributed by atoms with Gasteiger partial charge >= 0.3 is 0 Å². The zero-order valence-corrected chi connectivity index (χ0v) is 17.8. The topological polar surface area (TPSA) is 59.6 Å². The lowest BCUT2D eigenvalue weighted by atomic mass is 10.1. The van der Waals surface area contributed by atoms with Gasteiger partial charge in [0.15, 0.2) is 11.5 Å². The fraction of sp³-hybridized carbons (Fsp3) is 0.348. The van der Waals surface area contributed by atoms with Gasteiger partial charge in [0.2, 0.25) is 5.91 Å². The maximum Gasteiger partial charge on any atom is 0.243 e. The average Bonchev–Trinajstić information content (AvgIpc) is 2.75. The Bertz CT molecular complexity index is 791. The highest BCUT2D eigenvalue weighted by molar-refractivity contribution is 6.30. The van der Waals surface area contributed by atoms with Gasteiger partial charge in [-0.05, 0) is 73.8 Å². The summed E-state index contributed by atoms with van der Waals surface area (Å²) in [6.07, 6.45) is 6.21. The van der Waals surface area contributed by atoms with Gasteiger partial charge in [0.05, 0.1) is 14.2 Å². The molecule has 0 fully saturated rings. The van der Waals surface area contributed by atoms with Gasteiger partial charge in [-0.1, -0.05) is 29.8 Å². The van der Waals surface area contributed by atoms with Gasteiger partial charge in [-0.25, -0.2) is 0 Å². The minimum Gasteiger partial charge on any atom is -0.493 e. The molecule has 0 saturated heterocycles. The highest BCUT2D eigenvalue weighted by atomic mass is 35.5. The molecule has 0 unspecified atom stereocenters. The van der Waals surface area contributed by atoms with E-state index in [9.17, 15) is 4.79 Å². The maximum absolute atomic E-state index is 11.8. The number of ether oxygens (including phenoxy) is 2. The third-order valence-corrected chi connectivity index (χ3v) is 4.65. The van der Waals surface area contributed by atoms with E-state index in [4.69, 9.17) is 21.1 Å². The number of rotatable bonds is 12. The summed E-state index contributed by atoms with van der Waals surface area (Å²) in [6.45, 7) is 2.44. The van der Waals surface area contributed by atoms with Crippen LogP contribution < -0.4 is 20.1 Å². The molecule has 0 saturated carbocycles. The van der Waals surface area contributed by atoms with E-state index in [0.29, 0.717) is 11.6 Å². The molecule has 0 aliphatic heterocycles. The number of methoxy groups -OCH3 is 2. The van der Waals surface area contributed by atoms with Crippen LogP contribution in [-0.2, 0) is 11.2 Å². The van der Waals surface area contributed by atoms with Gasteiger partial charge in [-0.3, -0.25) is 4.79 Å². The molecule has 0 radical (unpaired) electrons. The van der Waals surface area contributed by atoms with Crippen molar-refractivity contribution in [3.63, 3.8) is 0 Å². The average molecular weight is 417 g/mol. The van der Waals surface area contributed by atoms with Gasteiger partial charge in [-0.15, -0.1) is 0 Å². The van der Waals surface area contributed by atoms with Crippen molar-refractivity contribution in [1.82, 2.24) is 10.6 Å². The second-order valence-electron chi connectivity index (χ2n) is 6.57. The van der Waals surface area contributed by atoms with Gasteiger partial charge in [-0.2, -0.15) is 0 Å². The number of hydrogen-bond acceptors (Lipinski definition) is 4. The molecule has 2 aromatic rings. The molecular formula is C23H29ClN2O3. The molecule has 29 heavy (non-hydrogen) atoms. The molecule has 0 atom stereocenters. The molecule has 5 nitrogen and oxygen atoms in total. The van der Waals surface area contributed by atoms with Gasteiger partial charge in [0.25, 0.3) is 0 Å². The Morgan fingerprint density at radius 3 is 2.41 bits per heavy atom. The number of halogens is 1. The van der Waals surface area contributed by atoms with Crippen molar-refractivity contribution in [2.45, 2.75) is 19.3 Å². The summed E-state index contributed by atoms with van der Waals surface area (Å²) < 4.78 is 10.6. The van der Waals surface area contributed by atoms with Crippen molar-refractivity contribution in [3.05, 3.63) is 64.7 Å².